The van der Waals surface area contributed by atoms with Crippen LogP contribution in [-0.4, -0.2) is 67.9 Å². The molecule has 10 heteroatoms. The summed E-state index contributed by atoms with van der Waals surface area (Å²) in [4.78, 5) is 25.6. The van der Waals surface area contributed by atoms with Crippen LogP contribution < -0.4 is 9.80 Å². The molecule has 4 aromatic heterocycles. The van der Waals surface area contributed by atoms with Gasteiger partial charge in [-0.25, -0.2) is 24.9 Å². The minimum Gasteiger partial charge on any atom is -0.400 e. The molecule has 5 heterocycles. The second-order valence-corrected chi connectivity index (χ2v) is 7.38. The van der Waals surface area contributed by atoms with Gasteiger partial charge in [0.25, 0.3) is 0 Å². The maximum absolute atomic E-state index is 13.0. The zero-order valence-electron chi connectivity index (χ0n) is 18.7. The van der Waals surface area contributed by atoms with E-state index >= 15 is 0 Å². The second-order valence-electron chi connectivity index (χ2n) is 7.38. The Balaban J connectivity index is 0.00000133. The predicted octanol–water partition coefficient (Wildman–Crippen LogP) is 2.70. The molecule has 1 aliphatic heterocycles. The van der Waals surface area contributed by atoms with Crippen molar-refractivity contribution in [2.24, 2.45) is 0 Å². The van der Waals surface area contributed by atoms with Gasteiger partial charge in [-0.3, -0.25) is 4.57 Å². The van der Waals surface area contributed by atoms with Crippen LogP contribution in [0.1, 0.15) is 11.1 Å². The van der Waals surface area contributed by atoms with E-state index in [9.17, 15) is 4.39 Å². The zero-order chi connectivity index (χ0) is 23.8. The highest BCUT2D eigenvalue weighted by atomic mass is 19.1. The van der Waals surface area contributed by atoms with E-state index in [-0.39, 0.29) is 0 Å². The van der Waals surface area contributed by atoms with Gasteiger partial charge in [0.05, 0.1) is 11.9 Å². The number of hydrogen-bond acceptors (Lipinski definition) is 8. The molecule has 0 radical (unpaired) electrons. The quantitative estimate of drug-likeness (QED) is 0.454. The van der Waals surface area contributed by atoms with Crippen molar-refractivity contribution in [2.45, 2.75) is 0 Å². The van der Waals surface area contributed by atoms with Crippen molar-refractivity contribution in [3.05, 3.63) is 84.8 Å². The number of aromatic nitrogens is 6. The highest BCUT2D eigenvalue weighted by Crippen LogP contribution is 2.18. The summed E-state index contributed by atoms with van der Waals surface area (Å²) in [5.74, 6) is 1.08. The molecule has 0 aromatic carbocycles. The Labute approximate surface area is 196 Å². The minimum absolute atomic E-state index is 0.460. The molecule has 0 aliphatic carbocycles. The Morgan fingerprint density at radius 1 is 0.794 bits per heavy atom. The third-order valence-corrected chi connectivity index (χ3v) is 5.31. The van der Waals surface area contributed by atoms with Crippen molar-refractivity contribution < 1.29 is 9.50 Å². The summed E-state index contributed by atoms with van der Waals surface area (Å²) in [6, 6.07) is 7.10. The third kappa shape index (κ3) is 5.59. The Morgan fingerprint density at radius 2 is 1.50 bits per heavy atom. The van der Waals surface area contributed by atoms with Gasteiger partial charge in [0.1, 0.15) is 12.1 Å². The molecule has 0 atom stereocenters. The van der Waals surface area contributed by atoms with E-state index in [0.717, 1.165) is 55.9 Å². The van der Waals surface area contributed by atoms with Gasteiger partial charge in [0.2, 0.25) is 11.9 Å². The number of imidazole rings is 1. The van der Waals surface area contributed by atoms with Crippen molar-refractivity contribution in [3.63, 3.8) is 0 Å². The van der Waals surface area contributed by atoms with Gasteiger partial charge in [-0.15, -0.1) is 0 Å². The number of anilines is 2. The van der Waals surface area contributed by atoms with E-state index < -0.39 is 5.95 Å². The van der Waals surface area contributed by atoms with Crippen LogP contribution in [0.3, 0.4) is 0 Å². The molecule has 34 heavy (non-hydrogen) atoms. The van der Waals surface area contributed by atoms with Gasteiger partial charge in [-0.2, -0.15) is 4.39 Å². The van der Waals surface area contributed by atoms with E-state index in [4.69, 9.17) is 5.11 Å². The van der Waals surface area contributed by atoms with Crippen LogP contribution in [-0.2, 0) is 0 Å². The Bertz CT molecular complexity index is 1170. The minimum atomic E-state index is -0.460. The molecule has 0 saturated carbocycles. The molecule has 1 saturated heterocycles. The first-order valence-electron chi connectivity index (χ1n) is 10.8. The first kappa shape index (κ1) is 23.0. The molecule has 5 rings (SSSR count). The van der Waals surface area contributed by atoms with Gasteiger partial charge >= 0.3 is 0 Å². The lowest BCUT2D eigenvalue weighted by atomic mass is 10.2. The molecule has 1 N–H and O–H groups in total. The van der Waals surface area contributed by atoms with E-state index in [1.165, 1.54) is 6.07 Å². The van der Waals surface area contributed by atoms with Crippen LogP contribution in [0.25, 0.3) is 18.0 Å². The summed E-state index contributed by atoms with van der Waals surface area (Å²) in [5, 5.41) is 7.00. The molecule has 0 unspecified atom stereocenters. The number of aliphatic hydroxyl groups excluding tert-OH is 1. The van der Waals surface area contributed by atoms with Crippen molar-refractivity contribution in [1.82, 2.24) is 29.5 Å². The number of rotatable bonds is 5. The van der Waals surface area contributed by atoms with Crippen molar-refractivity contribution in [3.8, 4) is 5.82 Å². The molecule has 0 amide bonds. The van der Waals surface area contributed by atoms with Crippen molar-refractivity contribution in [1.29, 1.82) is 0 Å². The van der Waals surface area contributed by atoms with Crippen LogP contribution in [0.15, 0.2) is 67.8 Å². The SMILES string of the molecule is CO.Fc1ccc(N2CCN(c3ncc(/C=C/c4ccc(-n5ccnc5)nc4)cn3)CC2)cn1. The number of aliphatic hydroxyl groups is 1. The molecule has 0 bridgehead atoms. The molecule has 1 aliphatic rings. The number of halogens is 1. The summed E-state index contributed by atoms with van der Waals surface area (Å²) in [6.07, 6.45) is 16.3. The molecular formula is C24H25FN8O. The highest BCUT2D eigenvalue weighted by Gasteiger charge is 2.19. The maximum atomic E-state index is 13.0. The van der Waals surface area contributed by atoms with Crippen LogP contribution in [0.2, 0.25) is 0 Å². The van der Waals surface area contributed by atoms with Gasteiger partial charge < -0.3 is 14.9 Å². The average molecular weight is 461 g/mol. The molecular weight excluding hydrogens is 435 g/mol. The first-order chi connectivity index (χ1) is 16.7. The summed E-state index contributed by atoms with van der Waals surface area (Å²) in [7, 11) is 1.00. The van der Waals surface area contributed by atoms with Gasteiger partial charge in [0.15, 0.2) is 0 Å². The first-order valence-corrected chi connectivity index (χ1v) is 10.8. The normalized spacial score (nSPS) is 13.6. The number of pyridine rings is 2. The van der Waals surface area contributed by atoms with Crippen LogP contribution in [0.5, 0.6) is 0 Å². The summed E-state index contributed by atoms with van der Waals surface area (Å²) < 4.78 is 14.9. The Morgan fingerprint density at radius 3 is 2.12 bits per heavy atom. The van der Waals surface area contributed by atoms with Gasteiger partial charge in [-0.1, -0.05) is 12.2 Å². The largest absolute Gasteiger partial charge is 0.400 e. The fourth-order valence-corrected chi connectivity index (χ4v) is 3.54. The molecule has 9 nitrogen and oxygen atoms in total. The van der Waals surface area contributed by atoms with Gasteiger partial charge in [-0.05, 0) is 29.8 Å². The van der Waals surface area contributed by atoms with E-state index in [1.54, 1.807) is 24.8 Å². The second kappa shape index (κ2) is 11.1. The van der Waals surface area contributed by atoms with Crippen molar-refractivity contribution >= 4 is 23.8 Å². The van der Waals surface area contributed by atoms with Crippen LogP contribution in [0, 0.1) is 5.95 Å². The fraction of sp³-hybridized carbons (Fsp3) is 0.208. The van der Waals surface area contributed by atoms with Crippen molar-refractivity contribution in [2.75, 3.05) is 43.1 Å². The maximum Gasteiger partial charge on any atom is 0.225 e. The topological polar surface area (TPSA) is 96.1 Å². The summed E-state index contributed by atoms with van der Waals surface area (Å²) in [5.41, 5.74) is 2.84. The lowest BCUT2D eigenvalue weighted by Gasteiger charge is -2.35. The molecule has 0 spiro atoms. The predicted molar refractivity (Wildman–Crippen MR) is 129 cm³/mol. The fourth-order valence-electron chi connectivity index (χ4n) is 3.54. The number of hydrogen-bond donors (Lipinski definition) is 1. The Hall–Kier alpha value is -4.18. The van der Waals surface area contributed by atoms with E-state index in [1.807, 2.05) is 53.6 Å². The average Bonchev–Trinajstić information content (AvgIpc) is 3.45. The van der Waals surface area contributed by atoms with E-state index in [2.05, 4.69) is 34.7 Å². The number of piperazine rings is 1. The lowest BCUT2D eigenvalue weighted by molar-refractivity contribution is 0.399. The lowest BCUT2D eigenvalue weighted by Crippen LogP contribution is -2.47. The van der Waals surface area contributed by atoms with Crippen LogP contribution >= 0.6 is 0 Å². The standard InChI is InChI=1S/C23H21FN8.CH4O/c24-21-5-4-20(16-26-21)30-9-11-31(12-10-30)23-28-14-19(15-29-23)2-1-18-3-6-22(27-13-18)32-8-7-25-17-32;1-2/h1-8,13-17H,9-12H2;2H,1H3/b2-1+;. The highest BCUT2D eigenvalue weighted by molar-refractivity contribution is 5.68. The summed E-state index contributed by atoms with van der Waals surface area (Å²) >= 11 is 0. The monoisotopic (exact) mass is 460 g/mol. The molecule has 174 valence electrons. The van der Waals surface area contributed by atoms with E-state index in [0.29, 0.717) is 5.95 Å². The number of nitrogens with zero attached hydrogens (tertiary/aromatic N) is 8. The summed E-state index contributed by atoms with van der Waals surface area (Å²) in [6.45, 7) is 3.20. The molecule has 4 aromatic rings. The Kier molecular flexibility index (Phi) is 7.51. The third-order valence-electron chi connectivity index (χ3n) is 5.31. The zero-order valence-corrected chi connectivity index (χ0v) is 18.7. The van der Waals surface area contributed by atoms with Gasteiger partial charge in [0, 0.05) is 69.8 Å². The van der Waals surface area contributed by atoms with Crippen LogP contribution in [0.4, 0.5) is 16.0 Å². The molecule has 1 fully saturated rings. The smallest absolute Gasteiger partial charge is 0.225 e.